The van der Waals surface area contributed by atoms with Crippen LogP contribution in [0.5, 0.6) is 5.75 Å². The standard InChI is InChI=1S/C22H18N4O2S2/c27-20(14-30-22-23-21(24-25-22)19-11-6-12-29-19)26-16-9-4-5-10-18(16)28-13-17(26)15-7-2-1-3-8-15/h1-12,17H,13-14H2,(H,23,24,25). The summed E-state index contributed by atoms with van der Waals surface area (Å²) in [6.07, 6.45) is 0. The number of rotatable bonds is 5. The molecule has 2 aromatic carbocycles. The topological polar surface area (TPSA) is 71.1 Å². The van der Waals surface area contributed by atoms with Gasteiger partial charge in [-0.3, -0.25) is 14.8 Å². The maximum atomic E-state index is 13.3. The molecule has 0 saturated carbocycles. The van der Waals surface area contributed by atoms with E-state index in [1.807, 2.05) is 77.0 Å². The Hall–Kier alpha value is -3.10. The highest BCUT2D eigenvalue weighted by atomic mass is 32.2. The lowest BCUT2D eigenvalue weighted by Gasteiger charge is -2.37. The number of thioether (sulfide) groups is 1. The Labute approximate surface area is 181 Å². The Balaban J connectivity index is 1.38. The van der Waals surface area contributed by atoms with Gasteiger partial charge in [0, 0.05) is 0 Å². The van der Waals surface area contributed by atoms with Gasteiger partial charge in [-0.15, -0.1) is 16.4 Å². The molecule has 1 atom stereocenters. The van der Waals surface area contributed by atoms with Crippen molar-refractivity contribution in [2.24, 2.45) is 0 Å². The van der Waals surface area contributed by atoms with Crippen LogP contribution in [0.2, 0.25) is 0 Å². The van der Waals surface area contributed by atoms with Crippen molar-refractivity contribution in [3.05, 3.63) is 77.7 Å². The molecule has 30 heavy (non-hydrogen) atoms. The number of aromatic nitrogens is 3. The van der Waals surface area contributed by atoms with Crippen LogP contribution in [0, 0.1) is 0 Å². The molecule has 0 bridgehead atoms. The van der Waals surface area contributed by atoms with Crippen LogP contribution in [0.4, 0.5) is 5.69 Å². The SMILES string of the molecule is O=C(CSc1n[nH]c(-c2cccs2)n1)N1c2ccccc2OCC1c1ccccc1. The third-order valence-corrected chi connectivity index (χ3v) is 6.54. The van der Waals surface area contributed by atoms with E-state index in [0.717, 1.165) is 27.7 Å². The predicted molar refractivity (Wildman–Crippen MR) is 119 cm³/mol. The number of amides is 1. The van der Waals surface area contributed by atoms with Crippen molar-refractivity contribution in [1.29, 1.82) is 0 Å². The number of hydrogen-bond donors (Lipinski definition) is 1. The van der Waals surface area contributed by atoms with Crippen molar-refractivity contribution < 1.29 is 9.53 Å². The van der Waals surface area contributed by atoms with Gasteiger partial charge >= 0.3 is 0 Å². The Morgan fingerprint density at radius 3 is 2.80 bits per heavy atom. The number of nitrogens with one attached hydrogen (secondary N) is 1. The lowest BCUT2D eigenvalue weighted by molar-refractivity contribution is -0.117. The van der Waals surface area contributed by atoms with E-state index >= 15 is 0 Å². The summed E-state index contributed by atoms with van der Waals surface area (Å²) in [6, 6.07) is 21.4. The van der Waals surface area contributed by atoms with Crippen molar-refractivity contribution in [1.82, 2.24) is 15.2 Å². The summed E-state index contributed by atoms with van der Waals surface area (Å²) in [7, 11) is 0. The van der Waals surface area contributed by atoms with Crippen molar-refractivity contribution in [3.8, 4) is 16.5 Å². The average Bonchev–Trinajstić information content (AvgIpc) is 3.49. The van der Waals surface area contributed by atoms with Crippen LogP contribution >= 0.6 is 23.1 Å². The fourth-order valence-electron chi connectivity index (χ4n) is 3.45. The molecule has 5 rings (SSSR count). The van der Waals surface area contributed by atoms with Gasteiger partial charge in [-0.2, -0.15) is 0 Å². The Kier molecular flexibility index (Phi) is 5.25. The van der Waals surface area contributed by atoms with Crippen LogP contribution < -0.4 is 9.64 Å². The second kappa shape index (κ2) is 8.33. The van der Waals surface area contributed by atoms with Crippen LogP contribution in [-0.4, -0.2) is 33.4 Å². The number of fused-ring (bicyclic) bond motifs is 1. The minimum absolute atomic E-state index is 0.00734. The number of carbonyl (C=O) groups is 1. The van der Waals surface area contributed by atoms with E-state index < -0.39 is 0 Å². The molecule has 1 amide bonds. The molecule has 8 heteroatoms. The largest absolute Gasteiger partial charge is 0.489 e. The lowest BCUT2D eigenvalue weighted by Crippen LogP contribution is -2.42. The minimum Gasteiger partial charge on any atom is -0.489 e. The molecule has 1 aliphatic heterocycles. The first-order valence-electron chi connectivity index (χ1n) is 9.47. The molecule has 0 saturated heterocycles. The molecule has 0 spiro atoms. The van der Waals surface area contributed by atoms with Crippen LogP contribution in [0.15, 0.2) is 77.3 Å². The summed E-state index contributed by atoms with van der Waals surface area (Å²) in [5.74, 6) is 1.67. The summed E-state index contributed by atoms with van der Waals surface area (Å²) in [6.45, 7) is 0.417. The maximum absolute atomic E-state index is 13.3. The van der Waals surface area contributed by atoms with E-state index in [1.165, 1.54) is 11.8 Å². The highest BCUT2D eigenvalue weighted by molar-refractivity contribution is 7.99. The van der Waals surface area contributed by atoms with Crippen LogP contribution in [-0.2, 0) is 4.79 Å². The predicted octanol–water partition coefficient (Wildman–Crippen LogP) is 4.79. The number of para-hydroxylation sites is 2. The van der Waals surface area contributed by atoms with E-state index in [0.29, 0.717) is 11.8 Å². The van der Waals surface area contributed by atoms with Gasteiger partial charge in [-0.25, -0.2) is 4.98 Å². The van der Waals surface area contributed by atoms with E-state index in [1.54, 1.807) is 11.3 Å². The normalized spacial score (nSPS) is 15.5. The molecular formula is C22H18N4O2S2. The molecule has 3 heterocycles. The summed E-state index contributed by atoms with van der Waals surface area (Å²) in [5, 5.41) is 9.75. The van der Waals surface area contributed by atoms with Gasteiger partial charge in [0.15, 0.2) is 5.82 Å². The third-order valence-electron chi connectivity index (χ3n) is 4.83. The summed E-state index contributed by atoms with van der Waals surface area (Å²) >= 11 is 2.93. The van der Waals surface area contributed by atoms with E-state index in [4.69, 9.17) is 4.74 Å². The quantitative estimate of drug-likeness (QED) is 0.457. The zero-order chi connectivity index (χ0) is 20.3. The van der Waals surface area contributed by atoms with Gasteiger partial charge in [0.1, 0.15) is 12.4 Å². The van der Waals surface area contributed by atoms with Crippen molar-refractivity contribution in [2.45, 2.75) is 11.2 Å². The lowest BCUT2D eigenvalue weighted by atomic mass is 10.0. The van der Waals surface area contributed by atoms with Crippen LogP contribution in [0.1, 0.15) is 11.6 Å². The zero-order valence-electron chi connectivity index (χ0n) is 15.9. The molecular weight excluding hydrogens is 416 g/mol. The molecule has 4 aromatic rings. The molecule has 1 aliphatic rings. The smallest absolute Gasteiger partial charge is 0.238 e. The monoisotopic (exact) mass is 434 g/mol. The number of carbonyl (C=O) groups excluding carboxylic acids is 1. The molecule has 0 radical (unpaired) electrons. The Morgan fingerprint density at radius 2 is 1.97 bits per heavy atom. The number of aromatic amines is 1. The van der Waals surface area contributed by atoms with Gasteiger partial charge in [0.05, 0.1) is 22.4 Å². The number of benzene rings is 2. The van der Waals surface area contributed by atoms with Crippen LogP contribution in [0.25, 0.3) is 10.7 Å². The highest BCUT2D eigenvalue weighted by Gasteiger charge is 2.33. The first-order valence-corrected chi connectivity index (χ1v) is 11.3. The molecule has 150 valence electrons. The van der Waals surface area contributed by atoms with Gasteiger partial charge < -0.3 is 4.74 Å². The summed E-state index contributed by atoms with van der Waals surface area (Å²) in [4.78, 5) is 20.7. The zero-order valence-corrected chi connectivity index (χ0v) is 17.5. The highest BCUT2D eigenvalue weighted by Crippen LogP contribution is 2.39. The molecule has 0 fully saturated rings. The number of nitrogens with zero attached hydrogens (tertiary/aromatic N) is 3. The van der Waals surface area contributed by atoms with E-state index in [9.17, 15) is 4.79 Å². The number of H-pyrrole nitrogens is 1. The fraction of sp³-hybridized carbons (Fsp3) is 0.136. The first-order chi connectivity index (χ1) is 14.8. The Morgan fingerprint density at radius 1 is 1.13 bits per heavy atom. The number of anilines is 1. The van der Waals surface area contributed by atoms with Crippen molar-refractivity contribution in [2.75, 3.05) is 17.3 Å². The van der Waals surface area contributed by atoms with E-state index in [-0.39, 0.29) is 17.7 Å². The molecule has 0 aliphatic carbocycles. The van der Waals surface area contributed by atoms with Crippen molar-refractivity contribution >= 4 is 34.7 Å². The minimum atomic E-state index is -0.178. The summed E-state index contributed by atoms with van der Waals surface area (Å²) in [5.41, 5.74) is 1.83. The number of hydrogen-bond acceptors (Lipinski definition) is 6. The average molecular weight is 435 g/mol. The number of thiophene rings is 1. The van der Waals surface area contributed by atoms with Crippen molar-refractivity contribution in [3.63, 3.8) is 0 Å². The molecule has 1 unspecified atom stereocenters. The third kappa shape index (κ3) is 3.71. The molecule has 6 nitrogen and oxygen atoms in total. The van der Waals surface area contributed by atoms with Gasteiger partial charge in [-0.1, -0.05) is 60.3 Å². The van der Waals surface area contributed by atoms with Gasteiger partial charge in [-0.05, 0) is 29.1 Å². The second-order valence-electron chi connectivity index (χ2n) is 6.70. The van der Waals surface area contributed by atoms with Gasteiger partial charge in [0.25, 0.3) is 0 Å². The first kappa shape index (κ1) is 18.9. The fourth-order valence-corrected chi connectivity index (χ4v) is 4.77. The Bertz CT molecular complexity index is 1140. The second-order valence-corrected chi connectivity index (χ2v) is 8.59. The molecule has 1 N–H and O–H groups in total. The number of ether oxygens (including phenoxy) is 1. The van der Waals surface area contributed by atoms with E-state index in [2.05, 4.69) is 15.2 Å². The molecule has 2 aromatic heterocycles. The summed E-state index contributed by atoms with van der Waals surface area (Å²) < 4.78 is 5.95. The maximum Gasteiger partial charge on any atom is 0.238 e. The van der Waals surface area contributed by atoms with Gasteiger partial charge in [0.2, 0.25) is 11.1 Å². The van der Waals surface area contributed by atoms with Crippen LogP contribution in [0.3, 0.4) is 0 Å².